The molecule has 1 aromatic heterocycles. The van der Waals surface area contributed by atoms with Crippen molar-refractivity contribution in [3.63, 3.8) is 0 Å². The first-order chi connectivity index (χ1) is 8.39. The summed E-state index contributed by atoms with van der Waals surface area (Å²) < 4.78 is 0. The molecule has 0 aliphatic heterocycles. The average molecular weight is 271 g/mol. The zero-order chi connectivity index (χ0) is 13.6. The van der Waals surface area contributed by atoms with Gasteiger partial charge in [-0.15, -0.1) is 11.3 Å². The number of amides is 2. The van der Waals surface area contributed by atoms with Crippen LogP contribution < -0.4 is 10.6 Å². The Bertz CT molecular complexity index is 404. The SMILES string of the molecule is CC(C)(CCC(=O)O)NC(=O)NCc1cncs1. The summed E-state index contributed by atoms with van der Waals surface area (Å²) in [6.07, 6.45) is 2.11. The number of carboxylic acid groups (broad SMARTS) is 1. The number of aliphatic carboxylic acids is 1. The second-order valence-corrected chi connectivity index (χ2v) is 5.52. The van der Waals surface area contributed by atoms with E-state index in [1.165, 1.54) is 11.3 Å². The van der Waals surface area contributed by atoms with Crippen molar-refractivity contribution in [3.8, 4) is 0 Å². The van der Waals surface area contributed by atoms with Gasteiger partial charge in [0, 0.05) is 23.0 Å². The van der Waals surface area contributed by atoms with Crippen molar-refractivity contribution in [3.05, 3.63) is 16.6 Å². The smallest absolute Gasteiger partial charge is 0.315 e. The average Bonchev–Trinajstić information content (AvgIpc) is 2.76. The van der Waals surface area contributed by atoms with Crippen molar-refractivity contribution in [2.45, 2.75) is 38.8 Å². The van der Waals surface area contributed by atoms with E-state index in [4.69, 9.17) is 5.11 Å². The number of urea groups is 1. The van der Waals surface area contributed by atoms with Gasteiger partial charge in [-0.1, -0.05) is 0 Å². The standard InChI is InChI=1S/C11H17N3O3S/c1-11(2,4-3-9(15)16)14-10(17)13-6-8-5-12-7-18-8/h5,7H,3-4,6H2,1-2H3,(H,15,16)(H2,13,14,17). The van der Waals surface area contributed by atoms with Crippen LogP contribution in [0.1, 0.15) is 31.6 Å². The molecule has 0 aromatic carbocycles. The third-order valence-electron chi connectivity index (χ3n) is 2.32. The molecule has 1 aromatic rings. The van der Waals surface area contributed by atoms with Gasteiger partial charge in [-0.05, 0) is 20.3 Å². The first-order valence-electron chi connectivity index (χ1n) is 5.54. The Balaban J connectivity index is 2.31. The molecular weight excluding hydrogens is 254 g/mol. The molecule has 2 amide bonds. The summed E-state index contributed by atoms with van der Waals surface area (Å²) in [7, 11) is 0. The van der Waals surface area contributed by atoms with Gasteiger partial charge < -0.3 is 15.7 Å². The number of hydrogen-bond acceptors (Lipinski definition) is 4. The van der Waals surface area contributed by atoms with Gasteiger partial charge in [-0.3, -0.25) is 9.78 Å². The van der Waals surface area contributed by atoms with Crippen LogP contribution >= 0.6 is 11.3 Å². The monoisotopic (exact) mass is 271 g/mol. The molecular formula is C11H17N3O3S. The molecule has 0 saturated carbocycles. The highest BCUT2D eigenvalue weighted by Crippen LogP contribution is 2.11. The van der Waals surface area contributed by atoms with E-state index < -0.39 is 11.5 Å². The van der Waals surface area contributed by atoms with Gasteiger partial charge in [-0.25, -0.2) is 4.79 Å². The zero-order valence-electron chi connectivity index (χ0n) is 10.4. The number of carbonyl (C=O) groups is 2. The van der Waals surface area contributed by atoms with Gasteiger partial charge in [0.15, 0.2) is 0 Å². The Morgan fingerprint density at radius 1 is 1.50 bits per heavy atom. The van der Waals surface area contributed by atoms with Crippen LogP contribution in [0.2, 0.25) is 0 Å². The number of hydrogen-bond donors (Lipinski definition) is 3. The molecule has 100 valence electrons. The van der Waals surface area contributed by atoms with Gasteiger partial charge in [0.2, 0.25) is 0 Å². The van der Waals surface area contributed by atoms with Crippen molar-refractivity contribution in [1.82, 2.24) is 15.6 Å². The molecule has 0 spiro atoms. The third kappa shape index (κ3) is 5.62. The van der Waals surface area contributed by atoms with E-state index in [9.17, 15) is 9.59 Å². The molecule has 0 saturated heterocycles. The molecule has 18 heavy (non-hydrogen) atoms. The zero-order valence-corrected chi connectivity index (χ0v) is 11.2. The van der Waals surface area contributed by atoms with Gasteiger partial charge in [0.1, 0.15) is 0 Å². The predicted molar refractivity (Wildman–Crippen MR) is 68.4 cm³/mol. The molecule has 1 rings (SSSR count). The number of carbonyl (C=O) groups excluding carboxylic acids is 1. The minimum atomic E-state index is -0.866. The van der Waals surface area contributed by atoms with Crippen LogP contribution in [0.15, 0.2) is 11.7 Å². The maximum absolute atomic E-state index is 11.6. The molecule has 0 fully saturated rings. The number of nitrogens with zero attached hydrogens (tertiary/aromatic N) is 1. The Morgan fingerprint density at radius 2 is 2.22 bits per heavy atom. The van der Waals surface area contributed by atoms with Crippen LogP contribution in [0.3, 0.4) is 0 Å². The molecule has 3 N–H and O–H groups in total. The Kier molecular flexibility index (Phi) is 5.08. The predicted octanol–water partition coefficient (Wildman–Crippen LogP) is 1.59. The molecule has 0 atom stereocenters. The second kappa shape index (κ2) is 6.34. The van der Waals surface area contributed by atoms with Gasteiger partial charge in [0.25, 0.3) is 0 Å². The van der Waals surface area contributed by atoms with Crippen molar-refractivity contribution in [2.24, 2.45) is 0 Å². The highest BCUT2D eigenvalue weighted by Gasteiger charge is 2.21. The van der Waals surface area contributed by atoms with Crippen LogP contribution in [-0.2, 0) is 11.3 Å². The minimum absolute atomic E-state index is 0.0299. The molecule has 7 heteroatoms. The fourth-order valence-electron chi connectivity index (χ4n) is 1.33. The van der Waals surface area contributed by atoms with E-state index >= 15 is 0 Å². The van der Waals surface area contributed by atoms with Crippen LogP contribution in [0, 0.1) is 0 Å². The summed E-state index contributed by atoms with van der Waals surface area (Å²) in [4.78, 5) is 27.0. The largest absolute Gasteiger partial charge is 0.481 e. The topological polar surface area (TPSA) is 91.3 Å². The van der Waals surface area contributed by atoms with Crippen molar-refractivity contribution >= 4 is 23.3 Å². The van der Waals surface area contributed by atoms with E-state index in [1.807, 2.05) is 0 Å². The lowest BCUT2D eigenvalue weighted by Crippen LogP contribution is -2.48. The maximum atomic E-state index is 11.6. The molecule has 0 aliphatic rings. The molecule has 0 aliphatic carbocycles. The van der Waals surface area contributed by atoms with E-state index in [1.54, 1.807) is 25.6 Å². The van der Waals surface area contributed by atoms with E-state index in [0.717, 1.165) is 4.88 Å². The first kappa shape index (κ1) is 14.4. The number of aromatic nitrogens is 1. The quantitative estimate of drug-likeness (QED) is 0.732. The van der Waals surface area contributed by atoms with Crippen LogP contribution in [0.4, 0.5) is 4.79 Å². The lowest BCUT2D eigenvalue weighted by atomic mass is 9.99. The van der Waals surface area contributed by atoms with Crippen molar-refractivity contribution < 1.29 is 14.7 Å². The molecule has 0 radical (unpaired) electrons. The Labute approximate surface area is 109 Å². The summed E-state index contributed by atoms with van der Waals surface area (Å²) in [6, 6.07) is -0.307. The summed E-state index contributed by atoms with van der Waals surface area (Å²) in [5.74, 6) is -0.866. The number of carboxylic acids is 1. The summed E-state index contributed by atoms with van der Waals surface area (Å²) in [5.41, 5.74) is 1.15. The third-order valence-corrected chi connectivity index (χ3v) is 3.10. The fraction of sp³-hybridized carbons (Fsp3) is 0.545. The van der Waals surface area contributed by atoms with Crippen molar-refractivity contribution in [1.29, 1.82) is 0 Å². The number of rotatable bonds is 6. The van der Waals surface area contributed by atoms with Gasteiger partial charge in [-0.2, -0.15) is 0 Å². The van der Waals surface area contributed by atoms with Crippen molar-refractivity contribution in [2.75, 3.05) is 0 Å². The van der Waals surface area contributed by atoms with E-state index in [0.29, 0.717) is 13.0 Å². The van der Waals surface area contributed by atoms with Gasteiger partial charge in [0.05, 0.1) is 12.1 Å². The first-order valence-corrected chi connectivity index (χ1v) is 6.42. The lowest BCUT2D eigenvalue weighted by molar-refractivity contribution is -0.137. The van der Waals surface area contributed by atoms with E-state index in [-0.39, 0.29) is 12.5 Å². The maximum Gasteiger partial charge on any atom is 0.315 e. The second-order valence-electron chi connectivity index (χ2n) is 4.55. The highest BCUT2D eigenvalue weighted by atomic mass is 32.1. The molecule has 1 heterocycles. The minimum Gasteiger partial charge on any atom is -0.481 e. The van der Waals surface area contributed by atoms with Gasteiger partial charge >= 0.3 is 12.0 Å². The highest BCUT2D eigenvalue weighted by molar-refractivity contribution is 7.09. The fourth-order valence-corrected chi connectivity index (χ4v) is 1.86. The number of nitrogens with one attached hydrogen (secondary N) is 2. The normalized spacial score (nSPS) is 11.0. The van der Waals surface area contributed by atoms with E-state index in [2.05, 4.69) is 15.6 Å². The van der Waals surface area contributed by atoms with Crippen LogP contribution in [0.5, 0.6) is 0 Å². The summed E-state index contributed by atoms with van der Waals surface area (Å²) in [5, 5.41) is 14.1. The van der Waals surface area contributed by atoms with Crippen LogP contribution in [-0.4, -0.2) is 27.6 Å². The summed E-state index contributed by atoms with van der Waals surface area (Å²) in [6.45, 7) is 4.01. The number of thiazole rings is 1. The molecule has 6 nitrogen and oxygen atoms in total. The van der Waals surface area contributed by atoms with Crippen LogP contribution in [0.25, 0.3) is 0 Å². The Hall–Kier alpha value is -1.63. The Morgan fingerprint density at radius 3 is 2.78 bits per heavy atom. The summed E-state index contributed by atoms with van der Waals surface area (Å²) >= 11 is 1.47. The lowest BCUT2D eigenvalue weighted by Gasteiger charge is -2.25. The molecule has 0 unspecified atom stereocenters. The molecule has 0 bridgehead atoms.